The second kappa shape index (κ2) is 5.84. The molecule has 1 fully saturated rings. The highest BCUT2D eigenvalue weighted by Gasteiger charge is 2.25. The van der Waals surface area contributed by atoms with Gasteiger partial charge in [-0.05, 0) is 25.5 Å². The third-order valence-corrected chi connectivity index (χ3v) is 4.12. The van der Waals surface area contributed by atoms with E-state index < -0.39 is 0 Å². The van der Waals surface area contributed by atoms with Crippen LogP contribution >= 0.6 is 0 Å². The molecule has 1 aromatic carbocycles. The third-order valence-electron chi connectivity index (χ3n) is 4.12. The molecule has 5 nitrogen and oxygen atoms in total. The Morgan fingerprint density at radius 1 is 1.33 bits per heavy atom. The monoisotopic (exact) mass is 290 g/mol. The lowest BCUT2D eigenvalue weighted by molar-refractivity contribution is -0.127. The van der Waals surface area contributed by atoms with E-state index >= 15 is 0 Å². The van der Waals surface area contributed by atoms with E-state index in [-0.39, 0.29) is 12.0 Å². The van der Waals surface area contributed by atoms with Crippen molar-refractivity contribution in [2.45, 2.75) is 25.9 Å². The summed E-state index contributed by atoms with van der Waals surface area (Å²) >= 11 is 0. The van der Waals surface area contributed by atoms with Gasteiger partial charge in [0.15, 0.2) is 0 Å². The molecule has 0 unspecified atom stereocenters. The molecule has 5 heteroatoms. The minimum Gasteiger partial charge on any atom is -0.497 e. The summed E-state index contributed by atoms with van der Waals surface area (Å²) in [6, 6.07) is 5.88. The summed E-state index contributed by atoms with van der Waals surface area (Å²) in [5, 5.41) is 0. The molecule has 0 radical (unpaired) electrons. The molecule has 21 heavy (non-hydrogen) atoms. The van der Waals surface area contributed by atoms with Gasteiger partial charge in [-0.25, -0.2) is 0 Å². The van der Waals surface area contributed by atoms with E-state index in [0.717, 1.165) is 49.8 Å². The number of rotatable bonds is 4. The molecule has 2 heterocycles. The Labute approximate surface area is 125 Å². The molecule has 1 aromatic rings. The lowest BCUT2D eigenvalue weighted by Gasteiger charge is -2.36. The van der Waals surface area contributed by atoms with Gasteiger partial charge >= 0.3 is 0 Å². The Balaban J connectivity index is 1.74. The van der Waals surface area contributed by atoms with Gasteiger partial charge in [0.05, 0.1) is 19.3 Å². The molecule has 0 saturated carbocycles. The Morgan fingerprint density at radius 2 is 2.14 bits per heavy atom. The van der Waals surface area contributed by atoms with Gasteiger partial charge in [0, 0.05) is 32.1 Å². The van der Waals surface area contributed by atoms with Gasteiger partial charge < -0.3 is 19.3 Å². The minimum absolute atomic E-state index is 0.153. The predicted molar refractivity (Wildman–Crippen MR) is 81.1 cm³/mol. The molecule has 1 amide bonds. The lowest BCUT2D eigenvalue weighted by Crippen LogP contribution is -2.43. The van der Waals surface area contributed by atoms with Gasteiger partial charge in [-0.2, -0.15) is 0 Å². The molecule has 0 N–H and O–H groups in total. The Bertz CT molecular complexity index is 532. The van der Waals surface area contributed by atoms with Crippen LogP contribution < -0.4 is 14.4 Å². The summed E-state index contributed by atoms with van der Waals surface area (Å²) in [6.07, 6.45) is 1.84. The van der Waals surface area contributed by atoms with Crippen molar-refractivity contribution in [3.63, 3.8) is 0 Å². The number of likely N-dealkylation sites (tertiary alicyclic amines) is 1. The van der Waals surface area contributed by atoms with Crippen molar-refractivity contribution in [1.82, 2.24) is 4.90 Å². The number of hydrogen-bond donors (Lipinski definition) is 0. The average molecular weight is 290 g/mol. The van der Waals surface area contributed by atoms with Crippen molar-refractivity contribution < 1.29 is 14.3 Å². The van der Waals surface area contributed by atoms with E-state index in [1.807, 2.05) is 23.1 Å². The Kier molecular flexibility index (Phi) is 3.90. The van der Waals surface area contributed by atoms with Crippen molar-refractivity contribution >= 4 is 11.6 Å². The summed E-state index contributed by atoms with van der Waals surface area (Å²) in [5.74, 6) is 2.00. The highest BCUT2D eigenvalue weighted by Crippen LogP contribution is 2.36. The smallest absolute Gasteiger partial charge is 0.222 e. The van der Waals surface area contributed by atoms with Crippen LogP contribution in [0.4, 0.5) is 5.69 Å². The van der Waals surface area contributed by atoms with Gasteiger partial charge in [-0.1, -0.05) is 0 Å². The van der Waals surface area contributed by atoms with Crippen molar-refractivity contribution in [3.05, 3.63) is 18.2 Å². The van der Waals surface area contributed by atoms with Crippen LogP contribution in [0, 0.1) is 0 Å². The van der Waals surface area contributed by atoms with Gasteiger partial charge in [-0.15, -0.1) is 0 Å². The van der Waals surface area contributed by atoms with E-state index in [1.165, 1.54) is 0 Å². The molecule has 3 rings (SSSR count). The molecular formula is C16H22N2O3. The molecule has 0 aromatic heterocycles. The van der Waals surface area contributed by atoms with Gasteiger partial charge in [0.1, 0.15) is 17.6 Å². The van der Waals surface area contributed by atoms with E-state index in [4.69, 9.17) is 9.47 Å². The fraction of sp³-hybridized carbons (Fsp3) is 0.562. The fourth-order valence-corrected chi connectivity index (χ4v) is 3.03. The van der Waals surface area contributed by atoms with Crippen molar-refractivity contribution in [3.8, 4) is 11.5 Å². The zero-order valence-electron chi connectivity index (χ0n) is 12.7. The molecule has 1 saturated heterocycles. The fourth-order valence-electron chi connectivity index (χ4n) is 3.03. The predicted octanol–water partition coefficient (Wildman–Crippen LogP) is 1.90. The standard InChI is InChI=1S/C16H22N2O3/c1-12-11-18(9-8-17-7-3-4-16(17)19)14-10-13(20-2)5-6-15(14)21-12/h5-6,10,12H,3-4,7-9,11H2,1-2H3/t12-/m1/s1. The maximum Gasteiger partial charge on any atom is 0.222 e. The van der Waals surface area contributed by atoms with E-state index in [0.29, 0.717) is 6.42 Å². The molecular weight excluding hydrogens is 268 g/mol. The first-order valence-electron chi connectivity index (χ1n) is 7.55. The maximum atomic E-state index is 11.7. The van der Waals surface area contributed by atoms with Crippen molar-refractivity contribution in [2.24, 2.45) is 0 Å². The normalized spacial score (nSPS) is 21.2. The first-order valence-corrected chi connectivity index (χ1v) is 7.55. The quantitative estimate of drug-likeness (QED) is 0.849. The number of carbonyl (C=O) groups excluding carboxylic acids is 1. The summed E-state index contributed by atoms with van der Waals surface area (Å²) in [4.78, 5) is 16.0. The molecule has 114 valence electrons. The second-order valence-electron chi connectivity index (χ2n) is 5.69. The molecule has 0 aliphatic carbocycles. The second-order valence-corrected chi connectivity index (χ2v) is 5.69. The number of ether oxygens (including phenoxy) is 2. The van der Waals surface area contributed by atoms with Crippen LogP contribution in [0.1, 0.15) is 19.8 Å². The SMILES string of the molecule is COc1ccc2c(c1)N(CCN1CCCC1=O)C[C@@H](C)O2. The van der Waals surface area contributed by atoms with Gasteiger partial charge in [0.25, 0.3) is 0 Å². The lowest BCUT2D eigenvalue weighted by atomic mass is 10.2. The van der Waals surface area contributed by atoms with Crippen LogP contribution in [-0.4, -0.2) is 50.2 Å². The minimum atomic E-state index is 0.153. The summed E-state index contributed by atoms with van der Waals surface area (Å²) in [6.45, 7) is 5.41. The summed E-state index contributed by atoms with van der Waals surface area (Å²) in [5.41, 5.74) is 1.05. The summed E-state index contributed by atoms with van der Waals surface area (Å²) < 4.78 is 11.2. The molecule has 1 atom stereocenters. The zero-order valence-corrected chi connectivity index (χ0v) is 12.7. The first-order chi connectivity index (χ1) is 10.2. The number of fused-ring (bicyclic) bond motifs is 1. The van der Waals surface area contributed by atoms with Crippen molar-refractivity contribution in [1.29, 1.82) is 0 Å². The van der Waals surface area contributed by atoms with Crippen LogP contribution in [0.15, 0.2) is 18.2 Å². The van der Waals surface area contributed by atoms with E-state index in [2.05, 4.69) is 11.8 Å². The summed E-state index contributed by atoms with van der Waals surface area (Å²) in [7, 11) is 1.67. The number of carbonyl (C=O) groups is 1. The number of hydrogen-bond acceptors (Lipinski definition) is 4. The molecule has 2 aliphatic heterocycles. The molecule has 2 aliphatic rings. The number of anilines is 1. The third kappa shape index (κ3) is 2.91. The van der Waals surface area contributed by atoms with Gasteiger partial charge in [-0.3, -0.25) is 4.79 Å². The highest BCUT2D eigenvalue weighted by atomic mass is 16.5. The van der Waals surface area contributed by atoms with E-state index in [9.17, 15) is 4.79 Å². The maximum absolute atomic E-state index is 11.7. The molecule has 0 bridgehead atoms. The zero-order chi connectivity index (χ0) is 14.8. The largest absolute Gasteiger partial charge is 0.497 e. The van der Waals surface area contributed by atoms with Crippen LogP contribution in [0.5, 0.6) is 11.5 Å². The topological polar surface area (TPSA) is 42.0 Å². The number of methoxy groups -OCH3 is 1. The Morgan fingerprint density at radius 3 is 2.86 bits per heavy atom. The number of amides is 1. The first kappa shape index (κ1) is 14.0. The molecule has 0 spiro atoms. The highest BCUT2D eigenvalue weighted by molar-refractivity contribution is 5.78. The van der Waals surface area contributed by atoms with Crippen molar-refractivity contribution in [2.75, 3.05) is 38.2 Å². The number of benzene rings is 1. The number of nitrogens with zero attached hydrogens (tertiary/aromatic N) is 2. The van der Waals surface area contributed by atoms with Crippen LogP contribution in [0.3, 0.4) is 0 Å². The van der Waals surface area contributed by atoms with E-state index in [1.54, 1.807) is 7.11 Å². The van der Waals surface area contributed by atoms with Gasteiger partial charge in [0.2, 0.25) is 5.91 Å². The van der Waals surface area contributed by atoms with Crippen LogP contribution in [-0.2, 0) is 4.79 Å². The average Bonchev–Trinajstić information content (AvgIpc) is 2.89. The Hall–Kier alpha value is -1.91. The van der Waals surface area contributed by atoms with Crippen LogP contribution in [0.2, 0.25) is 0 Å². The van der Waals surface area contributed by atoms with Crippen LogP contribution in [0.25, 0.3) is 0 Å².